The molecule has 1 aromatic carbocycles. The van der Waals surface area contributed by atoms with Crippen LogP contribution in [0.3, 0.4) is 0 Å². The molecule has 1 saturated heterocycles. The van der Waals surface area contributed by atoms with Gasteiger partial charge < -0.3 is 19.5 Å². The predicted octanol–water partition coefficient (Wildman–Crippen LogP) is 1.59. The number of amides is 2. The van der Waals surface area contributed by atoms with Crippen molar-refractivity contribution in [2.45, 2.75) is 31.8 Å². The Bertz CT molecular complexity index is 784. The van der Waals surface area contributed by atoms with E-state index in [-0.39, 0.29) is 30.5 Å². The molecule has 1 N–H and O–H groups in total. The Labute approximate surface area is 153 Å². The van der Waals surface area contributed by atoms with Gasteiger partial charge in [0.15, 0.2) is 6.61 Å². The Hall–Kier alpha value is -2.83. The largest absolute Gasteiger partial charge is 0.484 e. The number of likely N-dealkylation sites (tertiary alicyclic amines) is 1. The highest BCUT2D eigenvalue weighted by atomic mass is 16.5. The van der Waals surface area contributed by atoms with Gasteiger partial charge in [0, 0.05) is 20.5 Å². The van der Waals surface area contributed by atoms with Gasteiger partial charge in [-0.25, -0.2) is 4.98 Å². The molecule has 138 valence electrons. The van der Waals surface area contributed by atoms with Crippen LogP contribution in [0, 0.1) is 6.92 Å². The number of imidazole rings is 1. The number of rotatable bonds is 5. The van der Waals surface area contributed by atoms with Gasteiger partial charge in [0.2, 0.25) is 5.91 Å². The fraction of sp³-hybridized carbons (Fsp3) is 0.421. The van der Waals surface area contributed by atoms with E-state index in [0.29, 0.717) is 18.6 Å². The van der Waals surface area contributed by atoms with Crippen LogP contribution >= 0.6 is 0 Å². The van der Waals surface area contributed by atoms with Crippen LogP contribution in [0.1, 0.15) is 30.1 Å². The lowest BCUT2D eigenvalue weighted by Gasteiger charge is -2.39. The molecule has 7 nitrogen and oxygen atoms in total. The number of nitrogens with one attached hydrogen (secondary N) is 1. The third-order valence-corrected chi connectivity index (χ3v) is 4.76. The lowest BCUT2D eigenvalue weighted by atomic mass is 9.93. The maximum absolute atomic E-state index is 12.4. The van der Waals surface area contributed by atoms with Crippen molar-refractivity contribution < 1.29 is 14.3 Å². The summed E-state index contributed by atoms with van der Waals surface area (Å²) in [4.78, 5) is 30.3. The Morgan fingerprint density at radius 3 is 2.69 bits per heavy atom. The van der Waals surface area contributed by atoms with Gasteiger partial charge in [-0.05, 0) is 25.5 Å². The van der Waals surface area contributed by atoms with E-state index in [2.05, 4.69) is 10.3 Å². The number of likely N-dealkylation sites (N-methyl/N-ethyl adjacent to an activating group) is 1. The molecular weight excluding hydrogens is 332 g/mol. The second-order valence-corrected chi connectivity index (χ2v) is 6.69. The predicted molar refractivity (Wildman–Crippen MR) is 96.6 cm³/mol. The molecule has 2 aromatic rings. The van der Waals surface area contributed by atoms with E-state index >= 15 is 0 Å². The van der Waals surface area contributed by atoms with Crippen LogP contribution in [0.5, 0.6) is 5.75 Å². The van der Waals surface area contributed by atoms with E-state index in [1.807, 2.05) is 42.8 Å². The Morgan fingerprint density at radius 1 is 1.31 bits per heavy atom. The van der Waals surface area contributed by atoms with Crippen molar-refractivity contribution in [3.8, 4) is 5.75 Å². The maximum atomic E-state index is 12.4. The van der Waals surface area contributed by atoms with Gasteiger partial charge in [-0.15, -0.1) is 0 Å². The highest BCUT2D eigenvalue weighted by molar-refractivity contribution is 5.80. The van der Waals surface area contributed by atoms with E-state index in [1.54, 1.807) is 24.5 Å². The van der Waals surface area contributed by atoms with E-state index < -0.39 is 0 Å². The number of hydrogen-bond donors (Lipinski definition) is 1. The van der Waals surface area contributed by atoms with Gasteiger partial charge in [-0.1, -0.05) is 17.7 Å². The highest BCUT2D eigenvalue weighted by Crippen LogP contribution is 2.30. The molecule has 0 spiro atoms. The first-order valence-corrected chi connectivity index (χ1v) is 8.66. The summed E-state index contributed by atoms with van der Waals surface area (Å²) < 4.78 is 7.43. The molecule has 0 radical (unpaired) electrons. The summed E-state index contributed by atoms with van der Waals surface area (Å²) in [5.41, 5.74) is 2.03. The van der Waals surface area contributed by atoms with Crippen LogP contribution in [0.4, 0.5) is 0 Å². The summed E-state index contributed by atoms with van der Waals surface area (Å²) in [6.07, 6.45) is 4.44. The molecule has 0 aliphatic carbocycles. The van der Waals surface area contributed by atoms with Gasteiger partial charge in [0.25, 0.3) is 5.91 Å². The molecule has 0 unspecified atom stereocenters. The zero-order valence-corrected chi connectivity index (χ0v) is 15.3. The van der Waals surface area contributed by atoms with Gasteiger partial charge in [-0.2, -0.15) is 0 Å². The number of piperidine rings is 1. The number of carbonyl (C=O) groups is 2. The Kier molecular flexibility index (Phi) is 5.25. The second kappa shape index (κ2) is 7.59. The number of aryl methyl sites for hydroxylation is 2. The van der Waals surface area contributed by atoms with Crippen LogP contribution in [0.25, 0.3) is 0 Å². The van der Waals surface area contributed by atoms with Crippen molar-refractivity contribution in [1.29, 1.82) is 0 Å². The molecule has 0 bridgehead atoms. The van der Waals surface area contributed by atoms with Crippen molar-refractivity contribution in [1.82, 2.24) is 19.8 Å². The normalized spacial score (nSPS) is 20.1. The summed E-state index contributed by atoms with van der Waals surface area (Å²) in [6.45, 7) is 1.94. The minimum Gasteiger partial charge on any atom is -0.484 e. The molecule has 1 fully saturated rings. The van der Waals surface area contributed by atoms with Crippen molar-refractivity contribution in [2.75, 3.05) is 13.7 Å². The summed E-state index contributed by atoms with van der Waals surface area (Å²) >= 11 is 0. The standard InChI is InChI=1S/C19H24N4O3/c1-13-4-6-14(7-5-13)26-11-17(24)21-15-8-9-18(25)23(3)19(15)16-10-20-12-22(16)2/h4-7,10,12,15,19H,8-9,11H2,1-3H3,(H,21,24)/t15-,19-/m1/s1. The minimum absolute atomic E-state index is 0.0602. The molecule has 1 aromatic heterocycles. The first-order chi connectivity index (χ1) is 12.5. The highest BCUT2D eigenvalue weighted by Gasteiger charge is 2.37. The number of ether oxygens (including phenoxy) is 1. The average molecular weight is 356 g/mol. The SMILES string of the molecule is Cc1ccc(OCC(=O)N[C@@H]2CCC(=O)N(C)[C@H]2c2cncn2C)cc1. The van der Waals surface area contributed by atoms with E-state index in [1.165, 1.54) is 0 Å². The van der Waals surface area contributed by atoms with Gasteiger partial charge >= 0.3 is 0 Å². The average Bonchev–Trinajstić information content (AvgIpc) is 3.03. The Morgan fingerprint density at radius 2 is 2.04 bits per heavy atom. The van der Waals surface area contributed by atoms with Crippen molar-refractivity contribution >= 4 is 11.8 Å². The van der Waals surface area contributed by atoms with E-state index in [4.69, 9.17) is 4.74 Å². The van der Waals surface area contributed by atoms with Crippen molar-refractivity contribution in [3.63, 3.8) is 0 Å². The molecule has 7 heteroatoms. The number of aromatic nitrogens is 2. The quantitative estimate of drug-likeness (QED) is 0.883. The number of nitrogens with zero attached hydrogens (tertiary/aromatic N) is 3. The molecule has 2 atom stereocenters. The zero-order valence-electron chi connectivity index (χ0n) is 15.3. The zero-order chi connectivity index (χ0) is 18.7. The molecule has 3 rings (SSSR count). The lowest BCUT2D eigenvalue weighted by Crippen LogP contribution is -2.52. The maximum Gasteiger partial charge on any atom is 0.258 e. The summed E-state index contributed by atoms with van der Waals surface area (Å²) in [5, 5.41) is 3.02. The fourth-order valence-corrected chi connectivity index (χ4v) is 3.28. The van der Waals surface area contributed by atoms with Gasteiger partial charge in [0.05, 0.1) is 30.3 Å². The van der Waals surface area contributed by atoms with Gasteiger partial charge in [0.1, 0.15) is 5.75 Å². The number of benzene rings is 1. The van der Waals surface area contributed by atoms with Crippen LogP contribution in [0.2, 0.25) is 0 Å². The monoisotopic (exact) mass is 356 g/mol. The third-order valence-electron chi connectivity index (χ3n) is 4.76. The smallest absolute Gasteiger partial charge is 0.258 e. The molecule has 2 heterocycles. The van der Waals surface area contributed by atoms with Crippen LogP contribution < -0.4 is 10.1 Å². The van der Waals surface area contributed by atoms with E-state index in [9.17, 15) is 9.59 Å². The molecular formula is C19H24N4O3. The minimum atomic E-state index is -0.243. The molecule has 26 heavy (non-hydrogen) atoms. The summed E-state index contributed by atoms with van der Waals surface area (Å²) in [7, 11) is 3.65. The molecule has 0 saturated carbocycles. The number of carbonyl (C=O) groups excluding carboxylic acids is 2. The first kappa shape index (κ1) is 18.0. The Balaban J connectivity index is 1.66. The second-order valence-electron chi connectivity index (χ2n) is 6.69. The van der Waals surface area contributed by atoms with Gasteiger partial charge in [-0.3, -0.25) is 9.59 Å². The number of hydrogen-bond acceptors (Lipinski definition) is 4. The molecule has 2 amide bonds. The third kappa shape index (κ3) is 3.87. The van der Waals surface area contributed by atoms with Crippen LogP contribution in [-0.2, 0) is 16.6 Å². The van der Waals surface area contributed by atoms with Crippen LogP contribution in [-0.4, -0.2) is 46.0 Å². The van der Waals surface area contributed by atoms with E-state index in [0.717, 1.165) is 11.3 Å². The fourth-order valence-electron chi connectivity index (χ4n) is 3.28. The van der Waals surface area contributed by atoms with Crippen molar-refractivity contribution in [3.05, 3.63) is 48.0 Å². The van der Waals surface area contributed by atoms with Crippen molar-refractivity contribution in [2.24, 2.45) is 7.05 Å². The lowest BCUT2D eigenvalue weighted by molar-refractivity contribution is -0.138. The van der Waals surface area contributed by atoms with Crippen LogP contribution in [0.15, 0.2) is 36.8 Å². The molecule has 1 aliphatic rings. The summed E-state index contributed by atoms with van der Waals surface area (Å²) in [6, 6.07) is 7.14. The first-order valence-electron chi connectivity index (χ1n) is 8.66. The summed E-state index contributed by atoms with van der Waals surface area (Å²) in [5.74, 6) is 0.521. The molecule has 1 aliphatic heterocycles. The topological polar surface area (TPSA) is 76.5 Å².